The molecule has 3 heterocycles. The summed E-state index contributed by atoms with van der Waals surface area (Å²) in [5.74, 6) is -0.952. The lowest BCUT2D eigenvalue weighted by atomic mass is 9.87. The lowest BCUT2D eigenvalue weighted by Gasteiger charge is -2.40. The van der Waals surface area contributed by atoms with Crippen LogP contribution in [-0.4, -0.2) is 57.0 Å². The molecule has 2 saturated heterocycles. The monoisotopic (exact) mass is 496 g/mol. The van der Waals surface area contributed by atoms with Gasteiger partial charge in [-0.05, 0) is 75.5 Å². The van der Waals surface area contributed by atoms with Crippen molar-refractivity contribution in [2.24, 2.45) is 0 Å². The van der Waals surface area contributed by atoms with Crippen molar-refractivity contribution < 1.29 is 24.0 Å². The van der Waals surface area contributed by atoms with E-state index in [0.29, 0.717) is 17.8 Å². The van der Waals surface area contributed by atoms with E-state index in [1.807, 2.05) is 0 Å². The summed E-state index contributed by atoms with van der Waals surface area (Å²) in [6.07, 6.45) is 9.02. The first-order valence-corrected chi connectivity index (χ1v) is 15.5. The fourth-order valence-corrected chi connectivity index (χ4v) is 8.77. The van der Waals surface area contributed by atoms with Crippen LogP contribution in [0, 0.1) is 0 Å². The molecule has 0 N–H and O–H groups in total. The highest BCUT2D eigenvalue weighted by Crippen LogP contribution is 2.43. The van der Waals surface area contributed by atoms with E-state index in [1.54, 1.807) is 6.07 Å². The van der Waals surface area contributed by atoms with E-state index in [1.165, 1.54) is 46.8 Å². The van der Waals surface area contributed by atoms with Crippen molar-refractivity contribution in [3.8, 4) is 5.75 Å². The molecule has 3 aliphatic heterocycles. The third kappa shape index (κ3) is 3.49. The highest BCUT2D eigenvalue weighted by molar-refractivity contribution is 6.98. The number of aromatic carboxylic acids is 1. The Labute approximate surface area is 211 Å². The number of nitrogens with zero attached hydrogens (tertiary/aromatic N) is 2. The minimum atomic E-state index is -2.14. The van der Waals surface area contributed by atoms with Gasteiger partial charge in [0.1, 0.15) is 26.9 Å². The Morgan fingerprint density at radius 2 is 1.86 bits per heavy atom. The number of carbonyl (C=O) groups is 2. The summed E-state index contributed by atoms with van der Waals surface area (Å²) in [6.45, 7) is 9.37. The molecule has 2 aromatic rings. The van der Waals surface area contributed by atoms with Crippen molar-refractivity contribution in [2.75, 3.05) is 31.1 Å². The van der Waals surface area contributed by atoms with E-state index >= 15 is 0 Å². The number of rotatable bonds is 5. The number of carbonyl (C=O) groups excluding carboxylic acids is 2. The Hall–Kier alpha value is -3.71. The van der Waals surface area contributed by atoms with Gasteiger partial charge in [-0.25, -0.2) is 4.58 Å². The zero-order valence-electron chi connectivity index (χ0n) is 20.5. The number of anilines is 1. The lowest BCUT2D eigenvalue weighted by Crippen LogP contribution is -2.50. The van der Waals surface area contributed by atoms with Gasteiger partial charge in [-0.3, -0.25) is 4.79 Å². The molecule has 0 saturated carbocycles. The fraction of sp³-hybridized carbons (Fsp3) is 0.276. The van der Waals surface area contributed by atoms with Crippen LogP contribution in [0.3, 0.4) is 0 Å². The van der Waals surface area contributed by atoms with Crippen molar-refractivity contribution in [3.05, 3.63) is 82.1 Å². The van der Waals surface area contributed by atoms with E-state index in [9.17, 15) is 14.7 Å². The topological polar surface area (TPSA) is 72.7 Å². The molecule has 4 aliphatic rings. The molecule has 1 aliphatic carbocycles. The number of fused-ring (bicyclic) bond motifs is 2. The average Bonchev–Trinajstić information content (AvgIpc) is 2.78. The molecule has 0 radical (unpaired) electrons. The smallest absolute Gasteiger partial charge is 0.298 e. The standard InChI is InChI=1S/C29H28N2O4Si/c1-36(2)26-15-19(30-11-3-12-30)5-8-23(26)28(24-9-6-20(16-27(24)36)31-13-4-14-31)25-17-21(35-18-32)7-10-22(25)29(33)34/h5-10,15-18H,3-4,11-14H2,1-2H3. The summed E-state index contributed by atoms with van der Waals surface area (Å²) >= 11 is 0. The Morgan fingerprint density at radius 3 is 2.50 bits per heavy atom. The number of carboxylic acid groups (broad SMARTS) is 1. The van der Waals surface area contributed by atoms with Gasteiger partial charge in [0, 0.05) is 36.5 Å². The van der Waals surface area contributed by atoms with E-state index in [2.05, 4.69) is 59.0 Å². The Morgan fingerprint density at radius 1 is 1.06 bits per heavy atom. The van der Waals surface area contributed by atoms with Crippen LogP contribution in [0.15, 0.2) is 65.4 Å². The molecule has 0 bridgehead atoms. The van der Waals surface area contributed by atoms with Gasteiger partial charge in [-0.15, -0.1) is 0 Å². The predicted octanol–water partition coefficient (Wildman–Crippen LogP) is 2.42. The van der Waals surface area contributed by atoms with Gasteiger partial charge in [0.15, 0.2) is 5.71 Å². The van der Waals surface area contributed by atoms with Crippen LogP contribution in [0.5, 0.6) is 5.75 Å². The highest BCUT2D eigenvalue weighted by Gasteiger charge is 2.41. The first-order chi connectivity index (χ1) is 17.4. The van der Waals surface area contributed by atoms with Gasteiger partial charge in [-0.2, -0.15) is 0 Å². The number of benzene rings is 2. The number of ether oxygens (including phenoxy) is 1. The van der Waals surface area contributed by atoms with Crippen LogP contribution < -0.4 is 19.9 Å². The molecule has 7 heteroatoms. The third-order valence-corrected chi connectivity index (χ3v) is 11.5. The molecule has 0 spiro atoms. The van der Waals surface area contributed by atoms with Gasteiger partial charge < -0.3 is 19.5 Å². The molecule has 0 aromatic heterocycles. The van der Waals surface area contributed by atoms with Crippen molar-refractivity contribution in [3.63, 3.8) is 0 Å². The van der Waals surface area contributed by atoms with Crippen LogP contribution in [-0.2, 0) is 4.79 Å². The van der Waals surface area contributed by atoms with E-state index in [-0.39, 0.29) is 5.56 Å². The number of hydrogen-bond donors (Lipinski definition) is 0. The zero-order valence-corrected chi connectivity index (χ0v) is 21.5. The van der Waals surface area contributed by atoms with E-state index in [4.69, 9.17) is 4.74 Å². The summed E-state index contributed by atoms with van der Waals surface area (Å²) < 4.78 is 7.51. The van der Waals surface area contributed by atoms with Crippen LogP contribution >= 0.6 is 0 Å². The van der Waals surface area contributed by atoms with Crippen LogP contribution in [0.25, 0.3) is 5.57 Å². The Kier molecular flexibility index (Phi) is 5.33. The minimum Gasteiger partial charge on any atom is -0.545 e. The molecule has 6 rings (SSSR count). The molecular weight excluding hydrogens is 468 g/mol. The molecule has 0 atom stereocenters. The van der Waals surface area contributed by atoms with Gasteiger partial charge in [0.2, 0.25) is 0 Å². The average molecular weight is 497 g/mol. The lowest BCUT2D eigenvalue weighted by molar-refractivity contribution is -0.582. The summed E-state index contributed by atoms with van der Waals surface area (Å²) in [7, 11) is -2.14. The van der Waals surface area contributed by atoms with Crippen molar-refractivity contribution in [2.45, 2.75) is 25.9 Å². The molecule has 36 heavy (non-hydrogen) atoms. The number of carboxylic acids is 1. The molecule has 6 nitrogen and oxygen atoms in total. The zero-order chi connectivity index (χ0) is 25.0. The molecule has 182 valence electrons. The summed E-state index contributed by atoms with van der Waals surface area (Å²) in [6, 6.07) is 11.2. The van der Waals surface area contributed by atoms with Gasteiger partial charge in [-0.1, -0.05) is 19.2 Å². The van der Waals surface area contributed by atoms with Gasteiger partial charge in [0.25, 0.3) is 6.47 Å². The second-order valence-electron chi connectivity index (χ2n) is 10.3. The summed E-state index contributed by atoms with van der Waals surface area (Å²) in [4.78, 5) is 25.7. The molecule has 0 amide bonds. The van der Waals surface area contributed by atoms with Crippen LogP contribution in [0.1, 0.15) is 34.3 Å². The van der Waals surface area contributed by atoms with E-state index < -0.39 is 14.0 Å². The van der Waals surface area contributed by atoms with E-state index in [0.717, 1.165) is 42.9 Å². The Balaban J connectivity index is 1.65. The highest BCUT2D eigenvalue weighted by atomic mass is 28.3. The normalized spacial score (nSPS) is 19.6. The third-order valence-electron chi connectivity index (χ3n) is 8.00. The predicted molar refractivity (Wildman–Crippen MR) is 141 cm³/mol. The quantitative estimate of drug-likeness (QED) is 0.361. The molecule has 2 aromatic carbocycles. The fourth-order valence-electron chi connectivity index (χ4n) is 5.69. The maximum atomic E-state index is 12.2. The summed E-state index contributed by atoms with van der Waals surface area (Å²) in [5, 5.41) is 14.8. The molecule has 2 fully saturated rings. The second-order valence-corrected chi connectivity index (χ2v) is 14.7. The van der Waals surface area contributed by atoms with Crippen molar-refractivity contribution in [1.29, 1.82) is 0 Å². The maximum Gasteiger partial charge on any atom is 0.298 e. The number of hydrogen-bond acceptors (Lipinski definition) is 5. The van der Waals surface area contributed by atoms with Crippen LogP contribution in [0.2, 0.25) is 13.1 Å². The Bertz CT molecular complexity index is 1440. The van der Waals surface area contributed by atoms with Crippen molar-refractivity contribution in [1.82, 2.24) is 0 Å². The largest absolute Gasteiger partial charge is 0.545 e. The van der Waals surface area contributed by atoms with Crippen molar-refractivity contribution >= 4 is 42.7 Å². The van der Waals surface area contributed by atoms with Crippen LogP contribution in [0.4, 0.5) is 5.69 Å². The SMILES string of the molecule is C[Si]1(C)C2=CC(=[N+]3CCC3)C=CC2=C(c2cc(OC=O)ccc2C(=O)[O-])c2ccc(N3CCC3)cc21. The van der Waals surface area contributed by atoms with Gasteiger partial charge >= 0.3 is 0 Å². The summed E-state index contributed by atoms with van der Waals surface area (Å²) in [5.41, 5.74) is 5.99. The maximum absolute atomic E-state index is 12.2. The molecule has 0 unspecified atom stereocenters. The second kappa shape index (κ2) is 8.45. The number of allylic oxidation sites excluding steroid dienone is 5. The first-order valence-electron chi connectivity index (χ1n) is 12.5. The minimum absolute atomic E-state index is 0.0835. The molecular formula is C29H28N2O4Si. The van der Waals surface area contributed by atoms with Gasteiger partial charge in [0.05, 0.1) is 12.4 Å². The first kappa shape index (κ1) is 22.7.